The third kappa shape index (κ3) is 4.29. The van der Waals surface area contributed by atoms with Gasteiger partial charge in [-0.1, -0.05) is 12.1 Å². The lowest BCUT2D eigenvalue weighted by Gasteiger charge is -2.09. The average Bonchev–Trinajstić information content (AvgIpc) is 2.67. The van der Waals surface area contributed by atoms with Gasteiger partial charge in [0.25, 0.3) is 5.91 Å². The van der Waals surface area contributed by atoms with E-state index in [-0.39, 0.29) is 17.3 Å². The highest BCUT2D eigenvalue weighted by atomic mass is 32.2. The fraction of sp³-hybridized carbons (Fsp3) is 0.211. The minimum atomic E-state index is -3.66. The van der Waals surface area contributed by atoms with Crippen LogP contribution in [0.1, 0.15) is 21.7 Å². The molecule has 0 spiro atoms. The molecular formula is C19H20N4O3S. The standard InChI is InChI=1S/C19H20N4O3S/c1-13-16(23-18-6-4-3-5-17(18)22-13)11-12-21-27(25,26)15-9-7-14(8-10-15)19(24)20-2/h3-10,21H,11-12H2,1-2H3,(H,20,24). The maximum Gasteiger partial charge on any atom is 0.251 e. The summed E-state index contributed by atoms with van der Waals surface area (Å²) in [5.41, 5.74) is 3.54. The van der Waals surface area contributed by atoms with Gasteiger partial charge in [-0.15, -0.1) is 0 Å². The molecule has 3 rings (SSSR count). The van der Waals surface area contributed by atoms with E-state index in [9.17, 15) is 13.2 Å². The van der Waals surface area contributed by atoms with Crippen molar-refractivity contribution in [2.75, 3.05) is 13.6 Å². The first kappa shape index (κ1) is 18.9. The van der Waals surface area contributed by atoms with Gasteiger partial charge in [-0.3, -0.25) is 4.79 Å². The molecule has 0 saturated carbocycles. The molecule has 3 aromatic rings. The predicted octanol–water partition coefficient (Wildman–Crippen LogP) is 1.82. The Labute approximate surface area is 157 Å². The van der Waals surface area contributed by atoms with Crippen molar-refractivity contribution in [2.24, 2.45) is 0 Å². The van der Waals surface area contributed by atoms with E-state index in [1.54, 1.807) is 0 Å². The fourth-order valence-electron chi connectivity index (χ4n) is 2.68. The normalized spacial score (nSPS) is 11.5. The molecule has 1 aromatic heterocycles. The van der Waals surface area contributed by atoms with Crippen molar-refractivity contribution in [3.63, 3.8) is 0 Å². The summed E-state index contributed by atoms with van der Waals surface area (Å²) < 4.78 is 27.4. The number of amides is 1. The molecule has 0 bridgehead atoms. The van der Waals surface area contributed by atoms with Crippen molar-refractivity contribution in [2.45, 2.75) is 18.2 Å². The summed E-state index contributed by atoms with van der Waals surface area (Å²) in [7, 11) is -2.14. The molecule has 1 amide bonds. The number of hydrogen-bond acceptors (Lipinski definition) is 5. The number of nitrogens with one attached hydrogen (secondary N) is 2. The molecular weight excluding hydrogens is 364 g/mol. The van der Waals surface area contributed by atoms with E-state index in [1.165, 1.54) is 31.3 Å². The minimum absolute atomic E-state index is 0.108. The van der Waals surface area contributed by atoms with Crippen LogP contribution in [0.5, 0.6) is 0 Å². The molecule has 0 aliphatic heterocycles. The number of aromatic nitrogens is 2. The largest absolute Gasteiger partial charge is 0.355 e. The number of fused-ring (bicyclic) bond motifs is 1. The lowest BCUT2D eigenvalue weighted by molar-refractivity contribution is 0.0963. The third-order valence-corrected chi connectivity index (χ3v) is 5.63. The second-order valence-corrected chi connectivity index (χ2v) is 7.76. The number of carbonyl (C=O) groups is 1. The van der Waals surface area contributed by atoms with Crippen molar-refractivity contribution in [1.82, 2.24) is 20.0 Å². The van der Waals surface area contributed by atoms with E-state index in [2.05, 4.69) is 20.0 Å². The molecule has 0 aliphatic rings. The van der Waals surface area contributed by atoms with Gasteiger partial charge in [0.1, 0.15) is 0 Å². The molecule has 140 valence electrons. The molecule has 0 fully saturated rings. The number of para-hydroxylation sites is 2. The molecule has 8 heteroatoms. The number of benzene rings is 2. The van der Waals surface area contributed by atoms with Gasteiger partial charge in [-0.05, 0) is 43.3 Å². The number of carbonyl (C=O) groups excluding carboxylic acids is 1. The molecule has 2 N–H and O–H groups in total. The number of hydrogen-bond donors (Lipinski definition) is 2. The lowest BCUT2D eigenvalue weighted by Crippen LogP contribution is -2.26. The van der Waals surface area contributed by atoms with E-state index in [1.807, 2.05) is 31.2 Å². The topological polar surface area (TPSA) is 101 Å². The summed E-state index contributed by atoms with van der Waals surface area (Å²) in [6, 6.07) is 13.3. The van der Waals surface area contributed by atoms with Crippen LogP contribution >= 0.6 is 0 Å². The highest BCUT2D eigenvalue weighted by Gasteiger charge is 2.15. The summed E-state index contributed by atoms with van der Waals surface area (Å²) >= 11 is 0. The first-order valence-corrected chi connectivity index (χ1v) is 9.93. The second kappa shape index (κ2) is 7.81. The van der Waals surface area contributed by atoms with E-state index in [0.717, 1.165) is 22.4 Å². The monoisotopic (exact) mass is 384 g/mol. The summed E-state index contributed by atoms with van der Waals surface area (Å²) in [6.07, 6.45) is 0.430. The fourth-order valence-corrected chi connectivity index (χ4v) is 3.71. The van der Waals surface area contributed by atoms with Gasteiger partial charge >= 0.3 is 0 Å². The second-order valence-electron chi connectivity index (χ2n) is 6.00. The molecule has 0 saturated heterocycles. The van der Waals surface area contributed by atoms with Gasteiger partial charge in [-0.25, -0.2) is 23.1 Å². The number of nitrogens with zero attached hydrogens (tertiary/aromatic N) is 2. The molecule has 0 atom stereocenters. The van der Waals surface area contributed by atoms with Gasteiger partial charge in [0.2, 0.25) is 10.0 Å². The molecule has 0 aliphatic carbocycles. The molecule has 27 heavy (non-hydrogen) atoms. The first-order chi connectivity index (χ1) is 12.9. The van der Waals surface area contributed by atoms with Crippen LogP contribution in [-0.2, 0) is 16.4 Å². The Morgan fingerprint density at radius 2 is 1.63 bits per heavy atom. The predicted molar refractivity (Wildman–Crippen MR) is 103 cm³/mol. The maximum absolute atomic E-state index is 12.4. The third-order valence-electron chi connectivity index (χ3n) is 4.15. The Hall–Kier alpha value is -2.84. The van der Waals surface area contributed by atoms with Crippen LogP contribution < -0.4 is 10.0 Å². The van der Waals surface area contributed by atoms with Crippen LogP contribution in [0.15, 0.2) is 53.4 Å². The van der Waals surface area contributed by atoms with Crippen molar-refractivity contribution >= 4 is 27.0 Å². The zero-order valence-electron chi connectivity index (χ0n) is 15.1. The van der Waals surface area contributed by atoms with E-state index < -0.39 is 10.0 Å². The van der Waals surface area contributed by atoms with Gasteiger partial charge < -0.3 is 5.32 Å². The summed E-state index contributed by atoms with van der Waals surface area (Å²) in [6.45, 7) is 2.06. The first-order valence-electron chi connectivity index (χ1n) is 8.45. The Morgan fingerprint density at radius 3 is 2.26 bits per heavy atom. The highest BCUT2D eigenvalue weighted by Crippen LogP contribution is 2.13. The number of rotatable bonds is 6. The molecule has 0 unspecified atom stereocenters. The summed E-state index contributed by atoms with van der Waals surface area (Å²) in [5.74, 6) is -0.266. The molecule has 7 nitrogen and oxygen atoms in total. The van der Waals surface area contributed by atoms with E-state index >= 15 is 0 Å². The van der Waals surface area contributed by atoms with Crippen LogP contribution in [0.4, 0.5) is 0 Å². The van der Waals surface area contributed by atoms with Crippen molar-refractivity contribution in [3.8, 4) is 0 Å². The van der Waals surface area contributed by atoms with Crippen molar-refractivity contribution < 1.29 is 13.2 Å². The van der Waals surface area contributed by atoms with E-state index in [4.69, 9.17) is 0 Å². The van der Waals surface area contributed by atoms with Gasteiger partial charge in [0, 0.05) is 25.6 Å². The minimum Gasteiger partial charge on any atom is -0.355 e. The van der Waals surface area contributed by atoms with Gasteiger partial charge in [0.05, 0.1) is 27.3 Å². The highest BCUT2D eigenvalue weighted by molar-refractivity contribution is 7.89. The van der Waals surface area contributed by atoms with Crippen molar-refractivity contribution in [1.29, 1.82) is 0 Å². The van der Waals surface area contributed by atoms with Crippen molar-refractivity contribution in [3.05, 3.63) is 65.5 Å². The zero-order chi connectivity index (χ0) is 19.4. The maximum atomic E-state index is 12.4. The zero-order valence-corrected chi connectivity index (χ0v) is 15.9. The Kier molecular flexibility index (Phi) is 5.48. The lowest BCUT2D eigenvalue weighted by atomic mass is 10.2. The quantitative estimate of drug-likeness (QED) is 0.675. The van der Waals surface area contributed by atoms with Crippen LogP contribution in [0, 0.1) is 6.92 Å². The Morgan fingerprint density at radius 1 is 1.00 bits per heavy atom. The van der Waals surface area contributed by atoms with Crippen LogP contribution in [0.25, 0.3) is 11.0 Å². The van der Waals surface area contributed by atoms with Crippen LogP contribution in [-0.4, -0.2) is 37.9 Å². The van der Waals surface area contributed by atoms with Gasteiger partial charge in [0.15, 0.2) is 0 Å². The number of sulfonamides is 1. The summed E-state index contributed by atoms with van der Waals surface area (Å²) in [4.78, 5) is 20.7. The number of aryl methyl sites for hydroxylation is 1. The smallest absolute Gasteiger partial charge is 0.251 e. The van der Waals surface area contributed by atoms with Crippen LogP contribution in [0.3, 0.4) is 0 Å². The Bertz CT molecular complexity index is 1080. The Balaban J connectivity index is 1.69. The average molecular weight is 384 g/mol. The van der Waals surface area contributed by atoms with Crippen LogP contribution in [0.2, 0.25) is 0 Å². The SMILES string of the molecule is CNC(=O)c1ccc(S(=O)(=O)NCCc2nc3ccccc3nc2C)cc1. The molecule has 2 aromatic carbocycles. The summed E-state index contributed by atoms with van der Waals surface area (Å²) in [5, 5.41) is 2.49. The van der Waals surface area contributed by atoms with E-state index in [0.29, 0.717) is 12.0 Å². The van der Waals surface area contributed by atoms with Gasteiger partial charge in [-0.2, -0.15) is 0 Å². The molecule has 1 heterocycles. The molecule has 0 radical (unpaired) electrons.